The van der Waals surface area contributed by atoms with E-state index in [1.165, 1.54) is 30.0 Å². The fourth-order valence-corrected chi connectivity index (χ4v) is 4.63. The van der Waals surface area contributed by atoms with E-state index in [2.05, 4.69) is 0 Å². The molecule has 8 nitrogen and oxygen atoms in total. The third-order valence-corrected chi connectivity index (χ3v) is 6.25. The molecule has 2 N–H and O–H groups in total. The normalized spacial score (nSPS) is 11.0. The molecule has 0 radical (unpaired) electrons. The van der Waals surface area contributed by atoms with Gasteiger partial charge >= 0.3 is 0 Å². The molecule has 0 aliphatic heterocycles. The number of benzene rings is 3. The first-order valence-corrected chi connectivity index (χ1v) is 11.0. The molecule has 0 saturated heterocycles. The summed E-state index contributed by atoms with van der Waals surface area (Å²) in [6.45, 7) is 3.90. The molecule has 33 heavy (non-hydrogen) atoms. The van der Waals surface area contributed by atoms with Crippen molar-refractivity contribution < 1.29 is 9.72 Å². The van der Waals surface area contributed by atoms with E-state index in [1.54, 1.807) is 28.8 Å². The molecule has 0 saturated carbocycles. The van der Waals surface area contributed by atoms with Gasteiger partial charge in [0, 0.05) is 22.9 Å². The van der Waals surface area contributed by atoms with Crippen LogP contribution in [0.4, 0.5) is 5.69 Å². The van der Waals surface area contributed by atoms with Crippen LogP contribution in [0.1, 0.15) is 27.0 Å². The standard InChI is InChI=1S/C24H20N4O4S/c1-14-7-10-20(15(2)11-14)27-23(30)18-5-3-4-6-19(18)26-24(27)33-13-17-9-8-16(22(25)29)12-21(17)28(31)32/h3-12H,13H2,1-2H3,(H2,25,29). The topological polar surface area (TPSA) is 121 Å². The molecule has 0 bridgehead atoms. The van der Waals surface area contributed by atoms with Crippen molar-refractivity contribution in [1.82, 2.24) is 9.55 Å². The summed E-state index contributed by atoms with van der Waals surface area (Å²) < 4.78 is 1.55. The molecule has 0 unspecified atom stereocenters. The zero-order chi connectivity index (χ0) is 23.7. The van der Waals surface area contributed by atoms with Crippen LogP contribution in [0.3, 0.4) is 0 Å². The Kier molecular flexibility index (Phi) is 5.97. The van der Waals surface area contributed by atoms with Gasteiger partial charge in [-0.3, -0.25) is 24.3 Å². The molecule has 0 atom stereocenters. The van der Waals surface area contributed by atoms with E-state index >= 15 is 0 Å². The number of rotatable bonds is 6. The molecule has 9 heteroatoms. The number of nitro benzene ring substituents is 1. The lowest BCUT2D eigenvalue weighted by molar-refractivity contribution is -0.385. The SMILES string of the molecule is Cc1ccc(-n2c(SCc3ccc(C(N)=O)cc3[N+](=O)[O-])nc3ccccc3c2=O)c(C)c1. The van der Waals surface area contributed by atoms with Gasteiger partial charge in [-0.2, -0.15) is 0 Å². The van der Waals surface area contributed by atoms with Crippen LogP contribution in [0.15, 0.2) is 70.6 Å². The Labute approximate surface area is 193 Å². The van der Waals surface area contributed by atoms with Crippen LogP contribution < -0.4 is 11.3 Å². The van der Waals surface area contributed by atoms with Gasteiger partial charge in [-0.15, -0.1) is 0 Å². The Morgan fingerprint density at radius 1 is 1.12 bits per heavy atom. The smallest absolute Gasteiger partial charge is 0.274 e. The quantitative estimate of drug-likeness (QED) is 0.198. The van der Waals surface area contributed by atoms with Gasteiger partial charge in [0.25, 0.3) is 11.2 Å². The minimum atomic E-state index is -0.739. The highest BCUT2D eigenvalue weighted by molar-refractivity contribution is 7.98. The van der Waals surface area contributed by atoms with Crippen LogP contribution in [0.5, 0.6) is 0 Å². The summed E-state index contributed by atoms with van der Waals surface area (Å²) in [4.78, 5) is 40.6. The third kappa shape index (κ3) is 4.35. The number of hydrogen-bond acceptors (Lipinski definition) is 6. The average Bonchev–Trinajstić information content (AvgIpc) is 2.78. The Hall–Kier alpha value is -3.98. The van der Waals surface area contributed by atoms with Gasteiger partial charge in [0.05, 0.1) is 21.5 Å². The lowest BCUT2D eigenvalue weighted by Crippen LogP contribution is -2.22. The van der Waals surface area contributed by atoms with Gasteiger partial charge in [-0.1, -0.05) is 47.7 Å². The summed E-state index contributed by atoms with van der Waals surface area (Å²) >= 11 is 1.21. The summed E-state index contributed by atoms with van der Waals surface area (Å²) in [5, 5.41) is 12.5. The summed E-state index contributed by atoms with van der Waals surface area (Å²) in [5.41, 5.74) is 8.52. The number of carbonyl (C=O) groups excluding carboxylic acids is 1. The predicted octanol–water partition coefficient (Wildman–Crippen LogP) is 4.30. The van der Waals surface area contributed by atoms with Crippen LogP contribution in [0, 0.1) is 24.0 Å². The van der Waals surface area contributed by atoms with Crippen molar-refractivity contribution in [3.63, 3.8) is 0 Å². The highest BCUT2D eigenvalue weighted by Gasteiger charge is 2.19. The first-order valence-electron chi connectivity index (χ1n) is 10.1. The second kappa shape index (κ2) is 8.87. The van der Waals surface area contributed by atoms with Gasteiger partial charge in [-0.05, 0) is 43.7 Å². The number of nitro groups is 1. The van der Waals surface area contributed by atoms with Crippen molar-refractivity contribution >= 4 is 34.3 Å². The molecule has 4 aromatic rings. The number of carbonyl (C=O) groups is 1. The van der Waals surface area contributed by atoms with E-state index in [1.807, 2.05) is 32.0 Å². The van der Waals surface area contributed by atoms with Crippen molar-refractivity contribution in [3.05, 3.63) is 103 Å². The highest BCUT2D eigenvalue weighted by Crippen LogP contribution is 2.30. The number of nitrogens with two attached hydrogens (primary N) is 1. The molecule has 4 rings (SSSR count). The number of fused-ring (bicyclic) bond motifs is 1. The van der Waals surface area contributed by atoms with Crippen LogP contribution in [-0.4, -0.2) is 20.4 Å². The molecule has 1 heterocycles. The number of para-hydroxylation sites is 1. The number of thioether (sulfide) groups is 1. The van der Waals surface area contributed by atoms with E-state index in [4.69, 9.17) is 10.7 Å². The summed E-state index contributed by atoms with van der Waals surface area (Å²) in [5.74, 6) is -0.567. The number of hydrogen-bond donors (Lipinski definition) is 1. The molecule has 0 aliphatic carbocycles. The zero-order valence-corrected chi connectivity index (χ0v) is 18.8. The van der Waals surface area contributed by atoms with Crippen LogP contribution >= 0.6 is 11.8 Å². The van der Waals surface area contributed by atoms with Crippen molar-refractivity contribution in [1.29, 1.82) is 0 Å². The van der Waals surface area contributed by atoms with Gasteiger partial charge in [0.15, 0.2) is 5.16 Å². The van der Waals surface area contributed by atoms with Crippen LogP contribution in [0.25, 0.3) is 16.6 Å². The van der Waals surface area contributed by atoms with Gasteiger partial charge < -0.3 is 5.73 Å². The molecule has 166 valence electrons. The van der Waals surface area contributed by atoms with Gasteiger partial charge in [0.1, 0.15) is 0 Å². The Morgan fingerprint density at radius 3 is 2.58 bits per heavy atom. The summed E-state index contributed by atoms with van der Waals surface area (Å²) in [7, 11) is 0. The van der Waals surface area contributed by atoms with Crippen molar-refractivity contribution in [3.8, 4) is 5.69 Å². The lowest BCUT2D eigenvalue weighted by atomic mass is 10.1. The number of primary amides is 1. The maximum Gasteiger partial charge on any atom is 0.274 e. The number of amides is 1. The minimum absolute atomic E-state index is 0.0615. The van der Waals surface area contributed by atoms with E-state index < -0.39 is 10.8 Å². The molecule has 3 aromatic carbocycles. The summed E-state index contributed by atoms with van der Waals surface area (Å²) in [6.07, 6.45) is 0. The van der Waals surface area contributed by atoms with Gasteiger partial charge in [-0.25, -0.2) is 4.98 Å². The predicted molar refractivity (Wildman–Crippen MR) is 128 cm³/mol. The number of aryl methyl sites for hydroxylation is 2. The second-order valence-corrected chi connectivity index (χ2v) is 8.54. The van der Waals surface area contributed by atoms with Crippen LogP contribution in [0.2, 0.25) is 0 Å². The molecule has 0 aliphatic rings. The monoisotopic (exact) mass is 460 g/mol. The van der Waals surface area contributed by atoms with Crippen LogP contribution in [-0.2, 0) is 5.75 Å². The van der Waals surface area contributed by atoms with Gasteiger partial charge in [0.2, 0.25) is 5.91 Å². The molecule has 0 fully saturated rings. The first kappa shape index (κ1) is 22.2. The summed E-state index contributed by atoms with van der Waals surface area (Å²) in [6, 6.07) is 17.0. The fraction of sp³-hybridized carbons (Fsp3) is 0.125. The average molecular weight is 461 g/mol. The third-order valence-electron chi connectivity index (χ3n) is 5.26. The van der Waals surface area contributed by atoms with Crippen molar-refractivity contribution in [2.75, 3.05) is 0 Å². The first-order chi connectivity index (χ1) is 15.8. The largest absolute Gasteiger partial charge is 0.366 e. The maximum atomic E-state index is 13.4. The zero-order valence-electron chi connectivity index (χ0n) is 17.9. The molecule has 0 spiro atoms. The Morgan fingerprint density at radius 2 is 1.88 bits per heavy atom. The molecule has 1 aromatic heterocycles. The van der Waals surface area contributed by atoms with Crippen molar-refractivity contribution in [2.45, 2.75) is 24.8 Å². The second-order valence-electron chi connectivity index (χ2n) is 7.60. The van der Waals surface area contributed by atoms with E-state index in [-0.39, 0.29) is 22.6 Å². The highest BCUT2D eigenvalue weighted by atomic mass is 32.2. The number of aromatic nitrogens is 2. The van der Waals surface area contributed by atoms with E-state index in [0.717, 1.165) is 11.1 Å². The molecular weight excluding hydrogens is 440 g/mol. The minimum Gasteiger partial charge on any atom is -0.366 e. The number of nitrogens with zero attached hydrogens (tertiary/aromatic N) is 3. The van der Waals surface area contributed by atoms with E-state index in [9.17, 15) is 19.7 Å². The Bertz CT molecular complexity index is 1480. The molecular formula is C24H20N4O4S. The fourth-order valence-electron chi connectivity index (χ4n) is 3.63. The van der Waals surface area contributed by atoms with E-state index in [0.29, 0.717) is 27.3 Å². The lowest BCUT2D eigenvalue weighted by Gasteiger charge is -2.15. The maximum absolute atomic E-state index is 13.4. The molecule has 1 amide bonds. The van der Waals surface area contributed by atoms with Crippen molar-refractivity contribution in [2.24, 2.45) is 5.73 Å². The Balaban J connectivity index is 1.84.